The highest BCUT2D eigenvalue weighted by molar-refractivity contribution is 5.74. The fourth-order valence-electron chi connectivity index (χ4n) is 6.16. The van der Waals surface area contributed by atoms with Crippen molar-refractivity contribution >= 4 is 17.7 Å². The number of carbonyl (C=O) groups excluding carboxylic acids is 1. The molecule has 0 spiro atoms. The first-order valence-corrected chi connectivity index (χ1v) is 10.5. The van der Waals surface area contributed by atoms with Gasteiger partial charge < -0.3 is 20.4 Å². The zero-order chi connectivity index (χ0) is 18.4. The van der Waals surface area contributed by atoms with E-state index in [2.05, 4.69) is 30.4 Å². The Labute approximate surface area is 160 Å². The summed E-state index contributed by atoms with van der Waals surface area (Å²) in [5.41, 5.74) is 0. The quantitative estimate of drug-likeness (QED) is 0.850. The van der Waals surface area contributed by atoms with Crippen LogP contribution in [-0.4, -0.2) is 60.2 Å². The molecule has 0 aromatic carbocycles. The Balaban J connectivity index is 1.18. The van der Waals surface area contributed by atoms with Crippen LogP contribution in [0.1, 0.15) is 32.1 Å². The number of hydrogen-bond acceptors (Lipinski definition) is 5. The van der Waals surface area contributed by atoms with E-state index in [1.165, 1.54) is 19.3 Å². The van der Waals surface area contributed by atoms with Crippen LogP contribution in [0.3, 0.4) is 0 Å². The highest BCUT2D eigenvalue weighted by Crippen LogP contribution is 2.55. The number of anilines is 2. The number of amides is 2. The second kappa shape index (κ2) is 6.84. The topological polar surface area (TPSA) is 73.4 Å². The van der Waals surface area contributed by atoms with Gasteiger partial charge in [-0.15, -0.1) is 0 Å². The Kier molecular flexibility index (Phi) is 4.32. The van der Waals surface area contributed by atoms with Gasteiger partial charge in [0.1, 0.15) is 18.0 Å². The van der Waals surface area contributed by atoms with Crippen molar-refractivity contribution in [3.63, 3.8) is 0 Å². The largest absolute Gasteiger partial charge is 0.373 e. The van der Waals surface area contributed by atoms with E-state index < -0.39 is 0 Å². The molecule has 27 heavy (non-hydrogen) atoms. The first kappa shape index (κ1) is 17.1. The summed E-state index contributed by atoms with van der Waals surface area (Å²) in [4.78, 5) is 25.8. The third-order valence-electron chi connectivity index (χ3n) is 7.49. The molecule has 2 saturated heterocycles. The number of carbonyl (C=O) groups is 1. The van der Waals surface area contributed by atoms with Crippen LogP contribution < -0.4 is 15.5 Å². The number of nitrogens with zero attached hydrogens (tertiary/aromatic N) is 4. The van der Waals surface area contributed by atoms with Crippen LogP contribution in [0.2, 0.25) is 0 Å². The number of hydrogen-bond donors (Lipinski definition) is 2. The van der Waals surface area contributed by atoms with Crippen molar-refractivity contribution in [1.82, 2.24) is 20.2 Å². The summed E-state index contributed by atoms with van der Waals surface area (Å²) in [5.74, 6) is 5.10. The number of aromatic nitrogens is 2. The maximum Gasteiger partial charge on any atom is 0.317 e. The van der Waals surface area contributed by atoms with Crippen molar-refractivity contribution in [3.8, 4) is 0 Å². The minimum atomic E-state index is 0.134. The molecule has 146 valence electrons. The van der Waals surface area contributed by atoms with E-state index in [0.717, 1.165) is 67.8 Å². The molecule has 5 rings (SSSR count). The van der Waals surface area contributed by atoms with E-state index in [-0.39, 0.29) is 6.03 Å². The summed E-state index contributed by atoms with van der Waals surface area (Å²) >= 11 is 0. The zero-order valence-corrected chi connectivity index (χ0v) is 16.1. The molecule has 3 heterocycles. The van der Waals surface area contributed by atoms with E-state index in [1.54, 1.807) is 6.33 Å². The van der Waals surface area contributed by atoms with Gasteiger partial charge in [-0.25, -0.2) is 14.8 Å². The van der Waals surface area contributed by atoms with Gasteiger partial charge in [-0.3, -0.25) is 0 Å². The molecular formula is C20H30N6O. The lowest BCUT2D eigenvalue weighted by Crippen LogP contribution is -2.45. The summed E-state index contributed by atoms with van der Waals surface area (Å²) in [6.07, 6.45) is 8.05. The molecule has 2 amide bonds. The lowest BCUT2D eigenvalue weighted by atomic mass is 9.82. The Morgan fingerprint density at radius 1 is 1.19 bits per heavy atom. The summed E-state index contributed by atoms with van der Waals surface area (Å²) < 4.78 is 0. The van der Waals surface area contributed by atoms with Gasteiger partial charge in [0.15, 0.2) is 0 Å². The lowest BCUT2D eigenvalue weighted by molar-refractivity contribution is 0.202. The number of urea groups is 1. The first-order chi connectivity index (χ1) is 13.2. The standard InChI is InChI=1S/C20H30N6O/c1-21-18-8-19(24-12-23-18)26-6-2-3-15(26)9-22-20(27)25-10-16-13-4-5-14(7-13)17(16)11-25/h8,12-17H,2-7,9-11H2,1H3,(H,22,27)(H,21,23,24). The van der Waals surface area contributed by atoms with Crippen LogP contribution in [0, 0.1) is 23.7 Å². The number of rotatable bonds is 4. The molecule has 2 saturated carbocycles. The van der Waals surface area contributed by atoms with E-state index in [1.807, 2.05) is 13.1 Å². The fourth-order valence-corrected chi connectivity index (χ4v) is 6.16. The van der Waals surface area contributed by atoms with Crippen molar-refractivity contribution in [2.45, 2.75) is 38.1 Å². The molecule has 7 nitrogen and oxygen atoms in total. The number of likely N-dealkylation sites (tertiary alicyclic amines) is 1. The van der Waals surface area contributed by atoms with Gasteiger partial charge in [-0.05, 0) is 55.8 Å². The minimum Gasteiger partial charge on any atom is -0.373 e. The molecule has 5 unspecified atom stereocenters. The van der Waals surface area contributed by atoms with E-state index in [4.69, 9.17) is 0 Å². The summed E-state index contributed by atoms with van der Waals surface area (Å²) in [7, 11) is 1.87. The predicted octanol–water partition coefficient (Wildman–Crippen LogP) is 2.17. The second-order valence-corrected chi connectivity index (χ2v) is 8.75. The van der Waals surface area contributed by atoms with Crippen molar-refractivity contribution in [2.24, 2.45) is 23.7 Å². The molecule has 5 atom stereocenters. The molecular weight excluding hydrogens is 340 g/mol. The molecule has 4 fully saturated rings. The minimum absolute atomic E-state index is 0.134. The monoisotopic (exact) mass is 370 g/mol. The number of fused-ring (bicyclic) bond motifs is 5. The van der Waals surface area contributed by atoms with Gasteiger partial charge in [0.05, 0.1) is 0 Å². The van der Waals surface area contributed by atoms with E-state index >= 15 is 0 Å². The Morgan fingerprint density at radius 3 is 2.70 bits per heavy atom. The average molecular weight is 371 g/mol. The van der Waals surface area contributed by atoms with Crippen molar-refractivity contribution in [3.05, 3.63) is 12.4 Å². The molecule has 1 aromatic heterocycles. The third-order valence-corrected chi connectivity index (χ3v) is 7.49. The predicted molar refractivity (Wildman–Crippen MR) is 105 cm³/mol. The van der Waals surface area contributed by atoms with Gasteiger partial charge >= 0.3 is 6.03 Å². The first-order valence-electron chi connectivity index (χ1n) is 10.5. The lowest BCUT2D eigenvalue weighted by Gasteiger charge is -2.27. The highest BCUT2D eigenvalue weighted by atomic mass is 16.2. The summed E-state index contributed by atoms with van der Waals surface area (Å²) in [6, 6.07) is 2.43. The van der Waals surface area contributed by atoms with E-state index in [9.17, 15) is 4.79 Å². The van der Waals surface area contributed by atoms with Gasteiger partial charge in [-0.2, -0.15) is 0 Å². The molecule has 2 N–H and O–H groups in total. The van der Waals surface area contributed by atoms with Crippen LogP contribution in [-0.2, 0) is 0 Å². The second-order valence-electron chi connectivity index (χ2n) is 8.75. The van der Waals surface area contributed by atoms with Crippen molar-refractivity contribution in [2.75, 3.05) is 43.4 Å². The van der Waals surface area contributed by atoms with Gasteiger partial charge in [-0.1, -0.05) is 0 Å². The molecule has 0 radical (unpaired) electrons. The molecule has 2 aliphatic carbocycles. The Morgan fingerprint density at radius 2 is 1.96 bits per heavy atom. The smallest absolute Gasteiger partial charge is 0.317 e. The van der Waals surface area contributed by atoms with Gasteiger partial charge in [0, 0.05) is 45.3 Å². The maximum absolute atomic E-state index is 12.8. The highest BCUT2D eigenvalue weighted by Gasteiger charge is 2.52. The zero-order valence-electron chi connectivity index (χ0n) is 16.1. The van der Waals surface area contributed by atoms with Crippen LogP contribution >= 0.6 is 0 Å². The van der Waals surface area contributed by atoms with Gasteiger partial charge in [0.25, 0.3) is 0 Å². The Hall–Kier alpha value is -2.05. The molecule has 4 aliphatic rings. The number of nitrogens with one attached hydrogen (secondary N) is 2. The van der Waals surface area contributed by atoms with Gasteiger partial charge in [0.2, 0.25) is 0 Å². The average Bonchev–Trinajstić information content (AvgIpc) is 3.47. The maximum atomic E-state index is 12.8. The van der Waals surface area contributed by atoms with Crippen LogP contribution in [0.15, 0.2) is 12.4 Å². The van der Waals surface area contributed by atoms with Crippen LogP contribution in [0.5, 0.6) is 0 Å². The van der Waals surface area contributed by atoms with Crippen molar-refractivity contribution in [1.29, 1.82) is 0 Å². The Bertz CT molecular complexity index is 693. The third kappa shape index (κ3) is 3.01. The summed E-state index contributed by atoms with van der Waals surface area (Å²) in [6.45, 7) is 3.63. The fraction of sp³-hybridized carbons (Fsp3) is 0.750. The molecule has 1 aromatic rings. The van der Waals surface area contributed by atoms with Crippen LogP contribution in [0.4, 0.5) is 16.4 Å². The molecule has 2 aliphatic heterocycles. The van der Waals surface area contributed by atoms with E-state index in [0.29, 0.717) is 12.6 Å². The van der Waals surface area contributed by atoms with Crippen LogP contribution in [0.25, 0.3) is 0 Å². The normalized spacial score (nSPS) is 34.2. The van der Waals surface area contributed by atoms with Crippen molar-refractivity contribution < 1.29 is 4.79 Å². The SMILES string of the molecule is CNc1cc(N2CCCC2CNC(=O)N2CC3C4CCC(C4)C3C2)ncn1. The molecule has 7 heteroatoms. The summed E-state index contributed by atoms with van der Waals surface area (Å²) in [5, 5.41) is 6.29. The molecule has 2 bridgehead atoms.